The number of nitrogens with one attached hydrogen (secondary N) is 2. The number of nitrogen functional groups attached to an aromatic ring is 1. The van der Waals surface area contributed by atoms with Crippen molar-refractivity contribution in [2.24, 2.45) is 0 Å². The third kappa shape index (κ3) is 2.83. The van der Waals surface area contributed by atoms with Crippen molar-refractivity contribution < 1.29 is 4.92 Å². The predicted molar refractivity (Wildman–Crippen MR) is 69.3 cm³/mol. The summed E-state index contributed by atoms with van der Waals surface area (Å²) in [6.45, 7) is 0. The highest BCUT2D eigenvalue weighted by Gasteiger charge is 2.10. The Morgan fingerprint density at radius 3 is 2.32 bits per heavy atom. The quantitative estimate of drug-likeness (QED) is 0.559. The Morgan fingerprint density at radius 2 is 1.79 bits per heavy atom. The molecule has 0 saturated heterocycles. The summed E-state index contributed by atoms with van der Waals surface area (Å²) in [4.78, 5) is 37.5. The van der Waals surface area contributed by atoms with E-state index in [4.69, 9.17) is 5.73 Å². The largest absolute Gasteiger partial charge is 0.384 e. The molecule has 0 amide bonds. The second-order valence-electron chi connectivity index (χ2n) is 3.50. The zero-order chi connectivity index (χ0) is 14.0. The number of nitro groups is 1. The minimum absolute atomic E-state index is 0.0443. The molecule has 2 aromatic rings. The minimum Gasteiger partial charge on any atom is -0.384 e. The van der Waals surface area contributed by atoms with Crippen LogP contribution in [-0.4, -0.2) is 14.9 Å². The maximum atomic E-state index is 11.6. The van der Waals surface area contributed by atoms with Gasteiger partial charge in [0.25, 0.3) is 11.2 Å². The van der Waals surface area contributed by atoms with E-state index in [1.54, 1.807) is 0 Å². The maximum absolute atomic E-state index is 11.6. The molecule has 1 aromatic heterocycles. The Hall–Kier alpha value is -2.55. The van der Waals surface area contributed by atoms with Crippen molar-refractivity contribution in [1.82, 2.24) is 9.97 Å². The number of hydrogen-bond acceptors (Lipinski definition) is 6. The van der Waals surface area contributed by atoms with Gasteiger partial charge < -0.3 is 5.73 Å². The molecule has 0 aliphatic heterocycles. The average molecular weight is 280 g/mol. The fraction of sp³-hybridized carbons (Fsp3) is 0. The molecule has 0 aliphatic rings. The van der Waals surface area contributed by atoms with Crippen LogP contribution < -0.4 is 17.0 Å². The average Bonchev–Trinajstić information content (AvgIpc) is 2.34. The van der Waals surface area contributed by atoms with Gasteiger partial charge in [-0.2, -0.15) is 0 Å². The molecule has 0 aliphatic carbocycles. The molecule has 9 heteroatoms. The summed E-state index contributed by atoms with van der Waals surface area (Å²) in [5, 5.41) is 10.5. The Balaban J connectivity index is 2.34. The first-order valence-electron chi connectivity index (χ1n) is 5.02. The molecule has 8 nitrogen and oxygen atoms in total. The molecule has 2 rings (SSSR count). The molecular formula is C10H8N4O4S. The van der Waals surface area contributed by atoms with Crippen LogP contribution in [0.2, 0.25) is 0 Å². The molecule has 0 fully saturated rings. The van der Waals surface area contributed by atoms with E-state index in [9.17, 15) is 19.7 Å². The number of H-pyrrole nitrogens is 2. The molecule has 0 bridgehead atoms. The molecule has 0 saturated carbocycles. The summed E-state index contributed by atoms with van der Waals surface area (Å²) < 4.78 is 0. The summed E-state index contributed by atoms with van der Waals surface area (Å²) in [5.74, 6) is -0.0443. The van der Waals surface area contributed by atoms with E-state index in [1.165, 1.54) is 24.3 Å². The van der Waals surface area contributed by atoms with Gasteiger partial charge in [0.2, 0.25) is 0 Å². The van der Waals surface area contributed by atoms with E-state index in [-0.39, 0.29) is 16.4 Å². The number of hydrogen-bond donors (Lipinski definition) is 3. The van der Waals surface area contributed by atoms with Crippen LogP contribution in [0.3, 0.4) is 0 Å². The Kier molecular flexibility index (Phi) is 3.38. The number of nitro benzene ring substituents is 1. The monoisotopic (exact) mass is 280 g/mol. The number of benzene rings is 1. The first-order chi connectivity index (χ1) is 8.97. The fourth-order valence-electron chi connectivity index (χ4n) is 1.35. The number of nitrogens with two attached hydrogens (primary N) is 1. The first kappa shape index (κ1) is 12.9. The van der Waals surface area contributed by atoms with Crippen LogP contribution in [0.25, 0.3) is 0 Å². The summed E-state index contributed by atoms with van der Waals surface area (Å²) in [6, 6.07) is 5.62. The fourth-order valence-corrected chi connectivity index (χ4v) is 2.16. The first-order valence-corrected chi connectivity index (χ1v) is 5.83. The number of aromatic nitrogens is 2. The van der Waals surface area contributed by atoms with Crippen LogP contribution >= 0.6 is 11.8 Å². The molecular weight excluding hydrogens is 272 g/mol. The third-order valence-corrected chi connectivity index (χ3v) is 3.31. The molecule has 4 N–H and O–H groups in total. The van der Waals surface area contributed by atoms with Gasteiger partial charge in [-0.1, -0.05) is 11.8 Å². The van der Waals surface area contributed by atoms with E-state index in [0.29, 0.717) is 4.90 Å². The van der Waals surface area contributed by atoms with Gasteiger partial charge in [-0.05, 0) is 12.1 Å². The van der Waals surface area contributed by atoms with Crippen molar-refractivity contribution in [3.05, 3.63) is 55.2 Å². The highest BCUT2D eigenvalue weighted by molar-refractivity contribution is 7.99. The summed E-state index contributed by atoms with van der Waals surface area (Å²) in [7, 11) is 0. The lowest BCUT2D eigenvalue weighted by Crippen LogP contribution is -2.25. The van der Waals surface area contributed by atoms with Crippen LogP contribution in [0.15, 0.2) is 43.6 Å². The Bertz CT molecular complexity index is 734. The van der Waals surface area contributed by atoms with E-state index in [2.05, 4.69) is 9.97 Å². The number of anilines is 1. The van der Waals surface area contributed by atoms with Crippen LogP contribution in [0.4, 0.5) is 11.5 Å². The SMILES string of the molecule is Nc1[nH]c(=O)[nH]c(=O)c1Sc1ccc([N+](=O)[O-])cc1. The van der Waals surface area contributed by atoms with E-state index < -0.39 is 16.2 Å². The van der Waals surface area contributed by atoms with Crippen molar-refractivity contribution in [2.45, 2.75) is 9.79 Å². The lowest BCUT2D eigenvalue weighted by Gasteiger charge is -2.03. The minimum atomic E-state index is -0.685. The van der Waals surface area contributed by atoms with Gasteiger partial charge in [-0.3, -0.25) is 24.9 Å². The topological polar surface area (TPSA) is 135 Å². The highest BCUT2D eigenvalue weighted by atomic mass is 32.2. The number of rotatable bonds is 3. The number of nitrogens with zero attached hydrogens (tertiary/aromatic N) is 1. The van der Waals surface area contributed by atoms with Crippen LogP contribution in [0, 0.1) is 10.1 Å². The lowest BCUT2D eigenvalue weighted by atomic mass is 10.3. The number of aromatic amines is 2. The van der Waals surface area contributed by atoms with Crippen molar-refractivity contribution in [1.29, 1.82) is 0 Å². The van der Waals surface area contributed by atoms with Gasteiger partial charge in [0.15, 0.2) is 0 Å². The normalized spacial score (nSPS) is 10.3. The van der Waals surface area contributed by atoms with Gasteiger partial charge in [-0.15, -0.1) is 0 Å². The standard InChI is InChI=1S/C10H8N4O4S/c11-8-7(9(15)13-10(16)12-8)19-6-3-1-5(2-4-6)14(17)18/h1-4H,(H4,11,12,13,15,16). The summed E-state index contributed by atoms with van der Waals surface area (Å²) in [6.07, 6.45) is 0. The van der Waals surface area contributed by atoms with Crippen molar-refractivity contribution in [3.8, 4) is 0 Å². The zero-order valence-corrected chi connectivity index (χ0v) is 10.2. The molecule has 0 unspecified atom stereocenters. The summed E-state index contributed by atoms with van der Waals surface area (Å²) in [5.41, 5.74) is 4.20. The van der Waals surface area contributed by atoms with Gasteiger partial charge in [0.1, 0.15) is 10.7 Å². The van der Waals surface area contributed by atoms with Gasteiger partial charge >= 0.3 is 5.69 Å². The maximum Gasteiger partial charge on any atom is 0.327 e. The molecule has 0 radical (unpaired) electrons. The molecule has 1 aromatic carbocycles. The third-order valence-electron chi connectivity index (χ3n) is 2.19. The number of non-ortho nitro benzene ring substituents is 1. The van der Waals surface area contributed by atoms with Crippen molar-refractivity contribution in [2.75, 3.05) is 5.73 Å². The molecule has 98 valence electrons. The van der Waals surface area contributed by atoms with E-state index in [1.807, 2.05) is 0 Å². The van der Waals surface area contributed by atoms with Crippen LogP contribution in [0.1, 0.15) is 0 Å². The predicted octanol–water partition coefficient (Wildman–Crippen LogP) is 0.705. The summed E-state index contributed by atoms with van der Waals surface area (Å²) >= 11 is 1.01. The highest BCUT2D eigenvalue weighted by Crippen LogP contribution is 2.28. The molecule has 0 spiro atoms. The Labute approximate surface area is 109 Å². The van der Waals surface area contributed by atoms with Crippen molar-refractivity contribution >= 4 is 23.3 Å². The lowest BCUT2D eigenvalue weighted by molar-refractivity contribution is -0.384. The van der Waals surface area contributed by atoms with Crippen molar-refractivity contribution in [3.63, 3.8) is 0 Å². The van der Waals surface area contributed by atoms with E-state index >= 15 is 0 Å². The second-order valence-corrected chi connectivity index (χ2v) is 4.59. The zero-order valence-electron chi connectivity index (χ0n) is 9.38. The second kappa shape index (κ2) is 4.98. The van der Waals surface area contributed by atoms with Crippen LogP contribution in [-0.2, 0) is 0 Å². The van der Waals surface area contributed by atoms with Gasteiger partial charge in [0, 0.05) is 17.0 Å². The molecule has 1 heterocycles. The van der Waals surface area contributed by atoms with Gasteiger partial charge in [0.05, 0.1) is 4.92 Å². The van der Waals surface area contributed by atoms with Crippen LogP contribution in [0.5, 0.6) is 0 Å². The van der Waals surface area contributed by atoms with Gasteiger partial charge in [-0.25, -0.2) is 4.79 Å². The smallest absolute Gasteiger partial charge is 0.327 e. The Morgan fingerprint density at radius 1 is 1.16 bits per heavy atom. The van der Waals surface area contributed by atoms with E-state index in [0.717, 1.165) is 11.8 Å². The molecule has 0 atom stereocenters. The molecule has 19 heavy (non-hydrogen) atoms.